The number of rotatable bonds is 6. The molecule has 3 N–H and O–H groups in total. The summed E-state index contributed by atoms with van der Waals surface area (Å²) in [5.74, 6) is 0.468. The number of hydrogen-bond donors (Lipinski definition) is 2. The maximum Gasteiger partial charge on any atom is 0.235 e. The molecule has 0 aromatic carbocycles. The maximum atomic E-state index is 11.5. The lowest BCUT2D eigenvalue weighted by Gasteiger charge is -2.37. The fourth-order valence-electron chi connectivity index (χ4n) is 3.00. The molecule has 1 amide bonds. The number of nitrogens with zero attached hydrogens (tertiary/aromatic N) is 1. The van der Waals surface area contributed by atoms with E-state index in [-0.39, 0.29) is 18.0 Å². The summed E-state index contributed by atoms with van der Waals surface area (Å²) in [5.41, 5.74) is 5.47. The van der Waals surface area contributed by atoms with Crippen LogP contribution < -0.4 is 11.1 Å². The number of nitrogens with two attached hydrogens (primary N) is 1. The molecule has 18 heavy (non-hydrogen) atoms. The summed E-state index contributed by atoms with van der Waals surface area (Å²) in [5, 5.41) is 3.25. The van der Waals surface area contributed by atoms with Gasteiger partial charge in [0, 0.05) is 18.6 Å². The van der Waals surface area contributed by atoms with Crippen molar-refractivity contribution in [3.63, 3.8) is 0 Å². The fourth-order valence-corrected chi connectivity index (χ4v) is 3.00. The van der Waals surface area contributed by atoms with Gasteiger partial charge >= 0.3 is 0 Å². The van der Waals surface area contributed by atoms with E-state index in [0.29, 0.717) is 12.6 Å². The summed E-state index contributed by atoms with van der Waals surface area (Å²) in [6.45, 7) is 7.11. The van der Waals surface area contributed by atoms with Crippen molar-refractivity contribution in [1.29, 1.82) is 0 Å². The van der Waals surface area contributed by atoms with E-state index in [2.05, 4.69) is 24.2 Å². The molecule has 106 valence electrons. The summed E-state index contributed by atoms with van der Waals surface area (Å²) in [7, 11) is 2.12. The molecule has 3 atom stereocenters. The molecule has 4 heteroatoms. The molecule has 1 rings (SSSR count). The summed E-state index contributed by atoms with van der Waals surface area (Å²) < 4.78 is 0. The predicted octanol–water partition coefficient (Wildman–Crippen LogP) is 1.35. The summed E-state index contributed by atoms with van der Waals surface area (Å²) in [6.07, 6.45) is 5.19. The van der Waals surface area contributed by atoms with E-state index >= 15 is 0 Å². The molecule has 0 saturated heterocycles. The lowest BCUT2D eigenvalue weighted by Crippen LogP contribution is -2.53. The third-order valence-electron chi connectivity index (χ3n) is 3.98. The van der Waals surface area contributed by atoms with Crippen molar-refractivity contribution in [2.45, 2.75) is 64.6 Å². The first-order valence-electron chi connectivity index (χ1n) is 7.17. The molecular formula is C14H29N3O. The zero-order valence-corrected chi connectivity index (χ0v) is 12.3. The Kier molecular flexibility index (Phi) is 6.09. The van der Waals surface area contributed by atoms with Gasteiger partial charge in [-0.05, 0) is 25.8 Å². The van der Waals surface area contributed by atoms with Gasteiger partial charge < -0.3 is 16.0 Å². The topological polar surface area (TPSA) is 58.4 Å². The van der Waals surface area contributed by atoms with E-state index in [1.807, 2.05) is 13.8 Å². The highest BCUT2D eigenvalue weighted by Gasteiger charge is 2.27. The highest BCUT2D eigenvalue weighted by Crippen LogP contribution is 2.27. The molecule has 0 radical (unpaired) electrons. The summed E-state index contributed by atoms with van der Waals surface area (Å²) in [4.78, 5) is 13.8. The van der Waals surface area contributed by atoms with Crippen molar-refractivity contribution < 1.29 is 4.79 Å². The number of amides is 1. The molecule has 4 nitrogen and oxygen atoms in total. The first kappa shape index (κ1) is 15.4. The van der Waals surface area contributed by atoms with Crippen LogP contribution in [-0.2, 0) is 4.79 Å². The van der Waals surface area contributed by atoms with Crippen molar-refractivity contribution in [2.24, 2.45) is 11.7 Å². The second kappa shape index (κ2) is 7.10. The van der Waals surface area contributed by atoms with Crippen LogP contribution in [0.3, 0.4) is 0 Å². The van der Waals surface area contributed by atoms with Crippen LogP contribution in [0.25, 0.3) is 0 Å². The summed E-state index contributed by atoms with van der Waals surface area (Å²) >= 11 is 0. The first-order chi connectivity index (χ1) is 8.41. The SMILES string of the molecule is CC(C)NC(CN(C)C1CCCCC1C)C(N)=O. The van der Waals surface area contributed by atoms with Crippen LogP contribution in [0.2, 0.25) is 0 Å². The van der Waals surface area contributed by atoms with Gasteiger partial charge in [-0.3, -0.25) is 4.79 Å². The van der Waals surface area contributed by atoms with Gasteiger partial charge in [0.2, 0.25) is 5.91 Å². The molecule has 1 aliphatic rings. The van der Waals surface area contributed by atoms with Gasteiger partial charge in [0.15, 0.2) is 0 Å². The molecule has 0 spiro atoms. The van der Waals surface area contributed by atoms with Crippen molar-refractivity contribution >= 4 is 5.91 Å². The maximum absolute atomic E-state index is 11.5. The van der Waals surface area contributed by atoms with Gasteiger partial charge in [-0.1, -0.05) is 33.6 Å². The van der Waals surface area contributed by atoms with Gasteiger partial charge in [-0.15, -0.1) is 0 Å². The minimum absolute atomic E-state index is 0.246. The van der Waals surface area contributed by atoms with Gasteiger partial charge in [0.05, 0.1) is 6.04 Å². The third-order valence-corrected chi connectivity index (χ3v) is 3.98. The smallest absolute Gasteiger partial charge is 0.235 e. The Hall–Kier alpha value is -0.610. The number of carbonyl (C=O) groups excluding carboxylic acids is 1. The molecule has 0 aliphatic heterocycles. The lowest BCUT2D eigenvalue weighted by molar-refractivity contribution is -0.120. The monoisotopic (exact) mass is 255 g/mol. The minimum atomic E-state index is -0.251. The Morgan fingerprint density at radius 1 is 1.39 bits per heavy atom. The number of hydrogen-bond acceptors (Lipinski definition) is 3. The van der Waals surface area contributed by atoms with Gasteiger partial charge in [-0.2, -0.15) is 0 Å². The van der Waals surface area contributed by atoms with Gasteiger partial charge in [-0.25, -0.2) is 0 Å². The van der Waals surface area contributed by atoms with Crippen LogP contribution in [0.4, 0.5) is 0 Å². The fraction of sp³-hybridized carbons (Fsp3) is 0.929. The van der Waals surface area contributed by atoms with Crippen molar-refractivity contribution in [3.8, 4) is 0 Å². The molecule has 3 unspecified atom stereocenters. The normalized spacial score (nSPS) is 26.6. The Balaban J connectivity index is 2.54. The van der Waals surface area contributed by atoms with E-state index in [1.165, 1.54) is 25.7 Å². The van der Waals surface area contributed by atoms with Gasteiger partial charge in [0.1, 0.15) is 0 Å². The van der Waals surface area contributed by atoms with E-state index in [9.17, 15) is 4.79 Å². The van der Waals surface area contributed by atoms with Gasteiger partial charge in [0.25, 0.3) is 0 Å². The highest BCUT2D eigenvalue weighted by atomic mass is 16.1. The van der Waals surface area contributed by atoms with E-state index in [0.717, 1.165) is 5.92 Å². The predicted molar refractivity (Wildman–Crippen MR) is 75.3 cm³/mol. The molecule has 0 bridgehead atoms. The second-order valence-electron chi connectivity index (χ2n) is 6.04. The Labute approximate surface area is 111 Å². The number of primary amides is 1. The Morgan fingerprint density at radius 3 is 2.50 bits per heavy atom. The molecule has 0 heterocycles. The average Bonchev–Trinajstić information content (AvgIpc) is 2.27. The van der Waals surface area contributed by atoms with Crippen molar-refractivity contribution in [3.05, 3.63) is 0 Å². The zero-order valence-electron chi connectivity index (χ0n) is 12.3. The van der Waals surface area contributed by atoms with Crippen LogP contribution in [0.15, 0.2) is 0 Å². The van der Waals surface area contributed by atoms with Crippen molar-refractivity contribution in [1.82, 2.24) is 10.2 Å². The largest absolute Gasteiger partial charge is 0.368 e. The quantitative estimate of drug-likeness (QED) is 0.753. The molecule has 1 aliphatic carbocycles. The second-order valence-corrected chi connectivity index (χ2v) is 6.04. The molecule has 1 saturated carbocycles. The summed E-state index contributed by atoms with van der Waals surface area (Å²) in [6, 6.07) is 0.623. The molecular weight excluding hydrogens is 226 g/mol. The average molecular weight is 255 g/mol. The van der Waals surface area contributed by atoms with Crippen LogP contribution in [0.1, 0.15) is 46.5 Å². The van der Waals surface area contributed by atoms with Crippen LogP contribution in [0.5, 0.6) is 0 Å². The lowest BCUT2D eigenvalue weighted by atomic mass is 9.85. The third kappa shape index (κ3) is 4.58. The number of carbonyl (C=O) groups is 1. The standard InChI is InChI=1S/C14H29N3O/c1-10(2)16-12(14(15)18)9-17(4)13-8-6-5-7-11(13)3/h10-13,16H,5-9H2,1-4H3,(H2,15,18). The van der Waals surface area contributed by atoms with Crippen LogP contribution in [0, 0.1) is 5.92 Å². The molecule has 0 aromatic heterocycles. The number of nitrogens with one attached hydrogen (secondary N) is 1. The van der Waals surface area contributed by atoms with E-state index in [1.54, 1.807) is 0 Å². The zero-order chi connectivity index (χ0) is 13.7. The number of likely N-dealkylation sites (N-methyl/N-ethyl adjacent to an activating group) is 1. The highest BCUT2D eigenvalue weighted by molar-refractivity contribution is 5.80. The molecule has 0 aromatic rings. The van der Waals surface area contributed by atoms with Crippen LogP contribution in [-0.4, -0.2) is 42.5 Å². The molecule has 1 fully saturated rings. The first-order valence-corrected chi connectivity index (χ1v) is 7.17. The van der Waals surface area contributed by atoms with Crippen LogP contribution >= 0.6 is 0 Å². The van der Waals surface area contributed by atoms with E-state index in [4.69, 9.17) is 5.73 Å². The van der Waals surface area contributed by atoms with E-state index < -0.39 is 0 Å². The Morgan fingerprint density at radius 2 is 2.00 bits per heavy atom. The minimum Gasteiger partial charge on any atom is -0.368 e. The van der Waals surface area contributed by atoms with Crippen molar-refractivity contribution in [2.75, 3.05) is 13.6 Å². The Bertz CT molecular complexity index is 268.